The number of carbonyl (C=O) groups excluding carboxylic acids is 2. The first kappa shape index (κ1) is 18.1. The molecule has 0 atom stereocenters. The molecule has 0 unspecified atom stereocenters. The zero-order valence-electron chi connectivity index (χ0n) is 16.4. The third kappa shape index (κ3) is 3.56. The number of carbonyl (C=O) groups is 2. The molecule has 152 valence electrons. The van der Waals surface area contributed by atoms with Crippen molar-refractivity contribution in [2.45, 2.75) is 44.7 Å². The molecule has 0 aromatic carbocycles. The fraction of sp³-hybridized carbons (Fsp3) is 0.550. The van der Waals surface area contributed by atoms with Crippen molar-refractivity contribution < 1.29 is 9.59 Å². The number of anilines is 1. The Labute approximate surface area is 169 Å². The van der Waals surface area contributed by atoms with Gasteiger partial charge in [0.25, 0.3) is 11.8 Å². The van der Waals surface area contributed by atoms with Gasteiger partial charge in [-0.15, -0.1) is 0 Å². The fourth-order valence-corrected chi connectivity index (χ4v) is 4.08. The smallest absolute Gasteiger partial charge is 0.290 e. The fourth-order valence-electron chi connectivity index (χ4n) is 4.08. The van der Waals surface area contributed by atoms with Crippen molar-refractivity contribution in [1.82, 2.24) is 29.7 Å². The first-order chi connectivity index (χ1) is 14.2. The van der Waals surface area contributed by atoms with Crippen molar-refractivity contribution in [3.63, 3.8) is 0 Å². The van der Waals surface area contributed by atoms with Crippen LogP contribution in [0.25, 0.3) is 0 Å². The molecule has 1 saturated carbocycles. The number of piperazine rings is 1. The van der Waals surface area contributed by atoms with Crippen molar-refractivity contribution in [2.24, 2.45) is 0 Å². The van der Waals surface area contributed by atoms with E-state index in [1.165, 1.54) is 0 Å². The molecule has 2 aliphatic heterocycles. The second kappa shape index (κ2) is 7.46. The van der Waals surface area contributed by atoms with E-state index in [0.717, 1.165) is 44.3 Å². The van der Waals surface area contributed by atoms with Crippen molar-refractivity contribution in [3.8, 4) is 0 Å². The Bertz CT molecular complexity index is 914. The van der Waals surface area contributed by atoms with Gasteiger partial charge in [0, 0.05) is 51.2 Å². The quantitative estimate of drug-likeness (QED) is 0.825. The highest BCUT2D eigenvalue weighted by atomic mass is 16.2. The van der Waals surface area contributed by atoms with Gasteiger partial charge in [-0.25, -0.2) is 15.0 Å². The molecule has 0 radical (unpaired) electrons. The second-order valence-corrected chi connectivity index (χ2v) is 7.92. The number of amides is 2. The SMILES string of the molecule is O=C(NC1CC1)c1nc(C(=O)N2CCN(c3ncccn3)CC2)n2c1CCCC2. The van der Waals surface area contributed by atoms with Crippen LogP contribution in [0.2, 0.25) is 0 Å². The third-order valence-electron chi connectivity index (χ3n) is 5.84. The van der Waals surface area contributed by atoms with Gasteiger partial charge in [-0.2, -0.15) is 0 Å². The molecule has 9 heteroatoms. The van der Waals surface area contributed by atoms with Gasteiger partial charge >= 0.3 is 0 Å². The molecule has 0 spiro atoms. The van der Waals surface area contributed by atoms with Gasteiger partial charge < -0.3 is 19.7 Å². The molecule has 0 bridgehead atoms. The molecular formula is C20H25N7O2. The van der Waals surface area contributed by atoms with E-state index in [1.807, 2.05) is 9.47 Å². The van der Waals surface area contributed by atoms with E-state index >= 15 is 0 Å². The summed E-state index contributed by atoms with van der Waals surface area (Å²) in [5, 5.41) is 3.02. The van der Waals surface area contributed by atoms with Gasteiger partial charge in [0.15, 0.2) is 5.82 Å². The number of nitrogens with zero attached hydrogens (tertiary/aromatic N) is 6. The summed E-state index contributed by atoms with van der Waals surface area (Å²) in [6, 6.07) is 2.07. The predicted octanol–water partition coefficient (Wildman–Crippen LogP) is 0.864. The maximum absolute atomic E-state index is 13.2. The maximum atomic E-state index is 13.2. The summed E-state index contributed by atoms with van der Waals surface area (Å²) in [5.74, 6) is 0.873. The zero-order valence-corrected chi connectivity index (χ0v) is 16.4. The number of hydrogen-bond donors (Lipinski definition) is 1. The van der Waals surface area contributed by atoms with E-state index in [0.29, 0.717) is 43.6 Å². The van der Waals surface area contributed by atoms with Crippen molar-refractivity contribution in [3.05, 3.63) is 35.7 Å². The summed E-state index contributed by atoms with van der Waals surface area (Å²) in [5.41, 5.74) is 1.35. The summed E-state index contributed by atoms with van der Waals surface area (Å²) < 4.78 is 1.97. The minimum absolute atomic E-state index is 0.0905. The van der Waals surface area contributed by atoms with Crippen LogP contribution in [0.3, 0.4) is 0 Å². The van der Waals surface area contributed by atoms with Crippen LogP contribution in [-0.4, -0.2) is 68.5 Å². The maximum Gasteiger partial charge on any atom is 0.290 e. The average Bonchev–Trinajstić information content (AvgIpc) is 3.50. The molecule has 1 aliphatic carbocycles. The first-order valence-electron chi connectivity index (χ1n) is 10.4. The van der Waals surface area contributed by atoms with Crippen LogP contribution in [-0.2, 0) is 13.0 Å². The predicted molar refractivity (Wildman–Crippen MR) is 106 cm³/mol. The highest BCUT2D eigenvalue weighted by Crippen LogP contribution is 2.24. The minimum Gasteiger partial charge on any atom is -0.348 e. The summed E-state index contributed by atoms with van der Waals surface area (Å²) in [7, 11) is 0. The lowest BCUT2D eigenvalue weighted by molar-refractivity contribution is 0.0727. The third-order valence-corrected chi connectivity index (χ3v) is 5.84. The zero-order chi connectivity index (χ0) is 19.8. The molecule has 4 heterocycles. The van der Waals surface area contributed by atoms with Gasteiger partial charge in [0.05, 0.1) is 5.69 Å². The van der Waals surface area contributed by atoms with E-state index in [9.17, 15) is 9.59 Å². The van der Waals surface area contributed by atoms with Crippen molar-refractivity contribution in [2.75, 3.05) is 31.1 Å². The average molecular weight is 395 g/mol. The van der Waals surface area contributed by atoms with Crippen molar-refractivity contribution >= 4 is 17.8 Å². The Morgan fingerprint density at radius 2 is 1.76 bits per heavy atom. The lowest BCUT2D eigenvalue weighted by Crippen LogP contribution is -2.49. The van der Waals surface area contributed by atoms with Crippen molar-refractivity contribution in [1.29, 1.82) is 0 Å². The van der Waals surface area contributed by atoms with Gasteiger partial charge in [-0.1, -0.05) is 0 Å². The number of rotatable bonds is 4. The Hall–Kier alpha value is -2.97. The molecule has 2 aromatic heterocycles. The lowest BCUT2D eigenvalue weighted by atomic mass is 10.1. The summed E-state index contributed by atoms with van der Waals surface area (Å²) in [6.45, 7) is 3.28. The van der Waals surface area contributed by atoms with Crippen LogP contribution in [0.4, 0.5) is 5.95 Å². The molecule has 2 aromatic rings. The van der Waals surface area contributed by atoms with E-state index < -0.39 is 0 Å². The van der Waals surface area contributed by atoms with Crippen LogP contribution in [0.1, 0.15) is 52.5 Å². The van der Waals surface area contributed by atoms with E-state index in [4.69, 9.17) is 0 Å². The number of imidazole rings is 1. The molecule has 2 fully saturated rings. The highest BCUT2D eigenvalue weighted by molar-refractivity contribution is 5.97. The van der Waals surface area contributed by atoms with Crippen LogP contribution in [0, 0.1) is 0 Å². The number of fused-ring (bicyclic) bond motifs is 1. The van der Waals surface area contributed by atoms with Crippen LogP contribution >= 0.6 is 0 Å². The molecule has 9 nitrogen and oxygen atoms in total. The normalized spacial score (nSPS) is 19.0. The Morgan fingerprint density at radius 3 is 2.48 bits per heavy atom. The Kier molecular flexibility index (Phi) is 4.65. The van der Waals surface area contributed by atoms with Gasteiger partial charge in [-0.05, 0) is 38.2 Å². The molecule has 5 rings (SSSR count). The first-order valence-corrected chi connectivity index (χ1v) is 10.4. The van der Waals surface area contributed by atoms with E-state index in [1.54, 1.807) is 18.5 Å². The largest absolute Gasteiger partial charge is 0.348 e. The number of hydrogen-bond acceptors (Lipinski definition) is 6. The molecule has 2 amide bonds. The van der Waals surface area contributed by atoms with Crippen LogP contribution < -0.4 is 10.2 Å². The molecule has 1 saturated heterocycles. The minimum atomic E-state index is -0.136. The molecule has 3 aliphatic rings. The van der Waals surface area contributed by atoms with E-state index in [2.05, 4.69) is 25.2 Å². The summed E-state index contributed by atoms with van der Waals surface area (Å²) >= 11 is 0. The van der Waals surface area contributed by atoms with Crippen LogP contribution in [0.5, 0.6) is 0 Å². The van der Waals surface area contributed by atoms with Gasteiger partial charge in [0.2, 0.25) is 5.95 Å². The number of aromatic nitrogens is 4. The second-order valence-electron chi connectivity index (χ2n) is 7.92. The van der Waals surface area contributed by atoms with Gasteiger partial charge in [-0.3, -0.25) is 9.59 Å². The molecular weight excluding hydrogens is 370 g/mol. The van der Waals surface area contributed by atoms with Gasteiger partial charge in [0.1, 0.15) is 5.69 Å². The standard InChI is InChI=1S/C20H25N7O2/c28-18(23-14-5-6-14)16-15-4-1-2-9-27(15)17(24-16)19(29)25-10-12-26(13-11-25)20-21-7-3-8-22-20/h3,7-8,14H,1-2,4-6,9-13H2,(H,23,28). The summed E-state index contributed by atoms with van der Waals surface area (Å²) in [4.78, 5) is 42.9. The topological polar surface area (TPSA) is 96.2 Å². The monoisotopic (exact) mass is 395 g/mol. The Morgan fingerprint density at radius 1 is 1.00 bits per heavy atom. The highest BCUT2D eigenvalue weighted by Gasteiger charge is 2.33. The lowest BCUT2D eigenvalue weighted by Gasteiger charge is -2.34. The summed E-state index contributed by atoms with van der Waals surface area (Å²) in [6.07, 6.45) is 8.35. The van der Waals surface area contributed by atoms with E-state index in [-0.39, 0.29) is 17.9 Å². The number of nitrogens with one attached hydrogen (secondary N) is 1. The molecule has 29 heavy (non-hydrogen) atoms. The Balaban J connectivity index is 1.33. The molecule has 1 N–H and O–H groups in total. The van der Waals surface area contributed by atoms with Crippen LogP contribution in [0.15, 0.2) is 18.5 Å².